The van der Waals surface area contributed by atoms with E-state index in [9.17, 15) is 9.59 Å². The number of carbonyl (C=O) groups is 2. The standard InChI is InChI=1S/C53H94O5/c1-4-7-10-13-16-19-21-23-25-26-27-29-31-33-36-39-42-45-48-56-49-51(58-53(55)47-44-41-38-34-18-15-12-9-6-3)50-57-52(54)46-43-40-37-35-32-30-28-24-22-20-17-14-11-8-5-2/h8,11,17,20,23-25,28,32,35,51H,4-7,9-10,12-16,18-19,21-22,26-27,29-31,33-34,36-50H2,1-3H3/b11-8-,20-17-,25-23-,28-24-,35-32-. The molecule has 0 aromatic carbocycles. The van der Waals surface area contributed by atoms with Gasteiger partial charge < -0.3 is 14.2 Å². The van der Waals surface area contributed by atoms with Crippen molar-refractivity contribution in [3.05, 3.63) is 60.8 Å². The van der Waals surface area contributed by atoms with Crippen molar-refractivity contribution in [1.82, 2.24) is 0 Å². The lowest BCUT2D eigenvalue weighted by atomic mass is 10.1. The van der Waals surface area contributed by atoms with Crippen LogP contribution in [0.2, 0.25) is 0 Å². The molecule has 0 amide bonds. The average Bonchev–Trinajstić information content (AvgIpc) is 3.22. The highest BCUT2D eigenvalue weighted by Crippen LogP contribution is 2.14. The lowest BCUT2D eigenvalue weighted by Crippen LogP contribution is -2.30. The fourth-order valence-electron chi connectivity index (χ4n) is 6.85. The summed E-state index contributed by atoms with van der Waals surface area (Å²) in [6.45, 7) is 7.66. The maximum absolute atomic E-state index is 12.7. The second-order valence-electron chi connectivity index (χ2n) is 16.3. The molecule has 0 bridgehead atoms. The van der Waals surface area contributed by atoms with Crippen LogP contribution in [0.1, 0.15) is 239 Å². The molecule has 0 radical (unpaired) electrons. The second-order valence-corrected chi connectivity index (χ2v) is 16.3. The Morgan fingerprint density at radius 3 is 1.29 bits per heavy atom. The first-order valence-electron chi connectivity index (χ1n) is 24.8. The van der Waals surface area contributed by atoms with Gasteiger partial charge in [-0.2, -0.15) is 0 Å². The van der Waals surface area contributed by atoms with Crippen molar-refractivity contribution >= 4 is 11.9 Å². The topological polar surface area (TPSA) is 61.8 Å². The molecule has 5 nitrogen and oxygen atoms in total. The summed E-state index contributed by atoms with van der Waals surface area (Å²) >= 11 is 0. The third kappa shape index (κ3) is 46.3. The Kier molecular flexibility index (Phi) is 46.9. The van der Waals surface area contributed by atoms with Crippen molar-refractivity contribution in [3.63, 3.8) is 0 Å². The highest BCUT2D eigenvalue weighted by Gasteiger charge is 2.17. The number of rotatable bonds is 45. The molecule has 0 aliphatic rings. The van der Waals surface area contributed by atoms with E-state index >= 15 is 0 Å². The van der Waals surface area contributed by atoms with Crippen LogP contribution in [0.4, 0.5) is 0 Å². The van der Waals surface area contributed by atoms with E-state index in [1.54, 1.807) is 0 Å². The lowest BCUT2D eigenvalue weighted by Gasteiger charge is -2.18. The summed E-state index contributed by atoms with van der Waals surface area (Å²) in [4.78, 5) is 25.2. The first-order chi connectivity index (χ1) is 28.6. The minimum atomic E-state index is -0.551. The normalized spacial score (nSPS) is 12.7. The average molecular weight is 811 g/mol. The van der Waals surface area contributed by atoms with Gasteiger partial charge in [0.05, 0.1) is 6.61 Å². The van der Waals surface area contributed by atoms with Gasteiger partial charge in [0, 0.05) is 19.4 Å². The summed E-state index contributed by atoms with van der Waals surface area (Å²) in [6.07, 6.45) is 60.9. The third-order valence-corrected chi connectivity index (χ3v) is 10.5. The van der Waals surface area contributed by atoms with Crippen molar-refractivity contribution in [2.24, 2.45) is 0 Å². The smallest absolute Gasteiger partial charge is 0.306 e. The van der Waals surface area contributed by atoms with E-state index in [1.165, 1.54) is 135 Å². The summed E-state index contributed by atoms with van der Waals surface area (Å²) < 4.78 is 17.3. The summed E-state index contributed by atoms with van der Waals surface area (Å²) in [6, 6.07) is 0. The third-order valence-electron chi connectivity index (χ3n) is 10.5. The molecule has 0 aliphatic carbocycles. The SMILES string of the molecule is CC/C=C\C/C=C\C/C=C\C/C=C\CCCCC(=O)OCC(COCCCCCCCCCC/C=C\CCCCCCCC)OC(=O)CCCCCCCCCCC. The number of unbranched alkanes of at least 4 members (excludes halogenated alkanes) is 24. The number of ether oxygens (including phenoxy) is 3. The number of hydrogen-bond donors (Lipinski definition) is 0. The van der Waals surface area contributed by atoms with E-state index in [4.69, 9.17) is 14.2 Å². The van der Waals surface area contributed by atoms with Gasteiger partial charge in [0.1, 0.15) is 6.61 Å². The molecular weight excluding hydrogens is 717 g/mol. The van der Waals surface area contributed by atoms with Crippen LogP contribution < -0.4 is 0 Å². The minimum absolute atomic E-state index is 0.0636. The Hall–Kier alpha value is -2.40. The predicted octanol–water partition coefficient (Wildman–Crippen LogP) is 16.6. The molecule has 0 rings (SSSR count). The zero-order chi connectivity index (χ0) is 42.1. The lowest BCUT2D eigenvalue weighted by molar-refractivity contribution is -0.163. The Bertz CT molecular complexity index is 1010. The van der Waals surface area contributed by atoms with Gasteiger partial charge in [0.15, 0.2) is 6.10 Å². The Labute approximate surface area is 360 Å². The van der Waals surface area contributed by atoms with Crippen LogP contribution >= 0.6 is 0 Å². The molecule has 58 heavy (non-hydrogen) atoms. The maximum atomic E-state index is 12.7. The van der Waals surface area contributed by atoms with Crippen LogP contribution in [0.5, 0.6) is 0 Å². The van der Waals surface area contributed by atoms with Crippen molar-refractivity contribution in [3.8, 4) is 0 Å². The molecule has 0 aliphatic heterocycles. The summed E-state index contributed by atoms with van der Waals surface area (Å²) in [5, 5.41) is 0. The van der Waals surface area contributed by atoms with Gasteiger partial charge in [-0.15, -0.1) is 0 Å². The maximum Gasteiger partial charge on any atom is 0.306 e. The molecule has 0 saturated carbocycles. The molecule has 5 heteroatoms. The molecule has 0 N–H and O–H groups in total. The molecule has 1 atom stereocenters. The molecule has 0 aromatic rings. The highest BCUT2D eigenvalue weighted by atomic mass is 16.6. The molecule has 0 saturated heterocycles. The van der Waals surface area contributed by atoms with Gasteiger partial charge >= 0.3 is 11.9 Å². The second kappa shape index (κ2) is 49.0. The van der Waals surface area contributed by atoms with E-state index in [0.29, 0.717) is 19.4 Å². The van der Waals surface area contributed by atoms with E-state index in [0.717, 1.165) is 70.6 Å². The van der Waals surface area contributed by atoms with Gasteiger partial charge in [-0.1, -0.05) is 204 Å². The molecule has 0 heterocycles. The van der Waals surface area contributed by atoms with Gasteiger partial charge in [-0.3, -0.25) is 9.59 Å². The number of hydrogen-bond acceptors (Lipinski definition) is 5. The molecule has 0 spiro atoms. The Morgan fingerprint density at radius 2 is 0.776 bits per heavy atom. The Balaban J connectivity index is 4.24. The van der Waals surface area contributed by atoms with Crippen LogP contribution in [0.3, 0.4) is 0 Å². The monoisotopic (exact) mass is 811 g/mol. The largest absolute Gasteiger partial charge is 0.462 e. The van der Waals surface area contributed by atoms with Crippen molar-refractivity contribution in [2.75, 3.05) is 19.8 Å². The molecule has 336 valence electrons. The first-order valence-corrected chi connectivity index (χ1v) is 24.8. The summed E-state index contributed by atoms with van der Waals surface area (Å²) in [5.74, 6) is -0.445. The highest BCUT2D eigenvalue weighted by molar-refractivity contribution is 5.70. The van der Waals surface area contributed by atoms with Crippen LogP contribution in [0.15, 0.2) is 60.8 Å². The number of allylic oxidation sites excluding steroid dienone is 10. The van der Waals surface area contributed by atoms with Crippen LogP contribution in [-0.2, 0) is 23.8 Å². The molecule has 1 unspecified atom stereocenters. The number of carbonyl (C=O) groups excluding carboxylic acids is 2. The quantitative estimate of drug-likeness (QED) is 0.0348. The summed E-state index contributed by atoms with van der Waals surface area (Å²) in [5.41, 5.74) is 0. The molecular formula is C53H94O5. The fraction of sp³-hybridized carbons (Fsp3) is 0.774. The minimum Gasteiger partial charge on any atom is -0.462 e. The van der Waals surface area contributed by atoms with Crippen LogP contribution in [0.25, 0.3) is 0 Å². The van der Waals surface area contributed by atoms with Crippen molar-refractivity contribution in [2.45, 2.75) is 245 Å². The predicted molar refractivity (Wildman–Crippen MR) is 251 cm³/mol. The van der Waals surface area contributed by atoms with Gasteiger partial charge in [-0.05, 0) is 83.5 Å². The zero-order valence-electron chi connectivity index (χ0n) is 38.6. The van der Waals surface area contributed by atoms with Crippen LogP contribution in [0, 0.1) is 0 Å². The van der Waals surface area contributed by atoms with E-state index in [2.05, 4.69) is 81.5 Å². The van der Waals surface area contributed by atoms with Crippen LogP contribution in [-0.4, -0.2) is 37.9 Å². The van der Waals surface area contributed by atoms with Gasteiger partial charge in [-0.25, -0.2) is 0 Å². The fourth-order valence-corrected chi connectivity index (χ4v) is 6.85. The van der Waals surface area contributed by atoms with E-state index in [-0.39, 0.29) is 25.2 Å². The number of esters is 2. The van der Waals surface area contributed by atoms with E-state index < -0.39 is 6.10 Å². The van der Waals surface area contributed by atoms with Gasteiger partial charge in [0.25, 0.3) is 0 Å². The Morgan fingerprint density at radius 1 is 0.397 bits per heavy atom. The first kappa shape index (κ1) is 55.6. The molecule has 0 fully saturated rings. The molecule has 0 aromatic heterocycles. The van der Waals surface area contributed by atoms with E-state index in [1.807, 2.05) is 0 Å². The van der Waals surface area contributed by atoms with Crippen molar-refractivity contribution < 1.29 is 23.8 Å². The van der Waals surface area contributed by atoms with Gasteiger partial charge in [0.2, 0.25) is 0 Å². The zero-order valence-corrected chi connectivity index (χ0v) is 38.6. The summed E-state index contributed by atoms with van der Waals surface area (Å²) in [7, 11) is 0. The van der Waals surface area contributed by atoms with Crippen molar-refractivity contribution in [1.29, 1.82) is 0 Å².